The van der Waals surface area contributed by atoms with Crippen molar-refractivity contribution >= 4 is 11.1 Å². The third kappa shape index (κ3) is 1.52. The third-order valence-corrected chi connectivity index (χ3v) is 2.43. The first-order chi connectivity index (χ1) is 6.70. The van der Waals surface area contributed by atoms with E-state index >= 15 is 0 Å². The number of aromatic nitrogens is 1. The minimum atomic E-state index is 0.537. The first-order valence-electron chi connectivity index (χ1n) is 5.10. The summed E-state index contributed by atoms with van der Waals surface area (Å²) < 4.78 is 5.60. The molecule has 2 rings (SSSR count). The Morgan fingerprint density at radius 3 is 2.79 bits per heavy atom. The molecule has 0 spiro atoms. The molecule has 0 bridgehead atoms. The van der Waals surface area contributed by atoms with Crippen LogP contribution in [0.2, 0.25) is 0 Å². The molecule has 0 fully saturated rings. The van der Waals surface area contributed by atoms with Crippen LogP contribution in [-0.4, -0.2) is 4.98 Å². The molecular weight excluding hydrogens is 174 g/mol. The molecule has 1 heterocycles. The number of rotatable bonds is 2. The van der Waals surface area contributed by atoms with Gasteiger partial charge in [-0.3, -0.25) is 0 Å². The van der Waals surface area contributed by atoms with Crippen LogP contribution in [0.25, 0.3) is 11.1 Å². The standard InChI is InChI=1S/C12H15NO/c1-4-12-13-10-6-5-9(8(2)3)7-11(10)14-12/h5-8H,4H2,1-3H3. The van der Waals surface area contributed by atoms with Crippen molar-refractivity contribution in [1.29, 1.82) is 0 Å². The molecule has 1 aromatic carbocycles. The highest BCUT2D eigenvalue weighted by Gasteiger charge is 2.06. The first-order valence-corrected chi connectivity index (χ1v) is 5.10. The Balaban J connectivity index is 2.54. The fourth-order valence-corrected chi connectivity index (χ4v) is 1.50. The normalized spacial score (nSPS) is 11.4. The largest absolute Gasteiger partial charge is 0.441 e. The molecule has 14 heavy (non-hydrogen) atoms. The van der Waals surface area contributed by atoms with Crippen LogP contribution in [0.5, 0.6) is 0 Å². The molecule has 0 atom stereocenters. The van der Waals surface area contributed by atoms with Crippen LogP contribution in [0.1, 0.15) is 38.1 Å². The Hall–Kier alpha value is -1.31. The van der Waals surface area contributed by atoms with Crippen LogP contribution in [0.4, 0.5) is 0 Å². The molecule has 2 heteroatoms. The number of fused-ring (bicyclic) bond motifs is 1. The maximum Gasteiger partial charge on any atom is 0.195 e. The first kappa shape index (κ1) is 9.25. The van der Waals surface area contributed by atoms with Crippen LogP contribution in [0.3, 0.4) is 0 Å². The van der Waals surface area contributed by atoms with E-state index < -0.39 is 0 Å². The average Bonchev–Trinajstić information content (AvgIpc) is 2.58. The molecule has 0 aliphatic rings. The molecule has 0 N–H and O–H groups in total. The van der Waals surface area contributed by atoms with Crippen molar-refractivity contribution in [3.63, 3.8) is 0 Å². The predicted molar refractivity (Wildman–Crippen MR) is 57.5 cm³/mol. The lowest BCUT2D eigenvalue weighted by Crippen LogP contribution is -1.85. The zero-order chi connectivity index (χ0) is 10.1. The molecule has 2 aromatic rings. The van der Waals surface area contributed by atoms with Crippen LogP contribution in [0.15, 0.2) is 22.6 Å². The lowest BCUT2D eigenvalue weighted by molar-refractivity contribution is 0.537. The van der Waals surface area contributed by atoms with Crippen LogP contribution < -0.4 is 0 Å². The Morgan fingerprint density at radius 1 is 1.36 bits per heavy atom. The van der Waals surface area contributed by atoms with Gasteiger partial charge in [0.2, 0.25) is 0 Å². The van der Waals surface area contributed by atoms with Crippen LogP contribution in [-0.2, 0) is 6.42 Å². The van der Waals surface area contributed by atoms with Gasteiger partial charge in [-0.05, 0) is 23.6 Å². The summed E-state index contributed by atoms with van der Waals surface area (Å²) in [6.07, 6.45) is 0.853. The molecule has 1 aromatic heterocycles. The van der Waals surface area contributed by atoms with Crippen molar-refractivity contribution in [1.82, 2.24) is 4.98 Å². The molecule has 0 saturated heterocycles. The Labute approximate surface area is 84.0 Å². The Bertz CT molecular complexity index is 443. The summed E-state index contributed by atoms with van der Waals surface area (Å²) in [4.78, 5) is 4.36. The van der Waals surface area contributed by atoms with Gasteiger partial charge in [-0.1, -0.05) is 26.8 Å². The number of benzene rings is 1. The van der Waals surface area contributed by atoms with Gasteiger partial charge in [0.1, 0.15) is 5.52 Å². The second-order valence-corrected chi connectivity index (χ2v) is 3.84. The molecule has 0 radical (unpaired) electrons. The minimum Gasteiger partial charge on any atom is -0.441 e. The van der Waals surface area contributed by atoms with Crippen LogP contribution in [0, 0.1) is 0 Å². The van der Waals surface area contributed by atoms with Gasteiger partial charge >= 0.3 is 0 Å². The molecular formula is C12H15NO. The molecule has 74 valence electrons. The number of nitrogens with zero attached hydrogens (tertiary/aromatic N) is 1. The van der Waals surface area contributed by atoms with E-state index in [9.17, 15) is 0 Å². The van der Waals surface area contributed by atoms with E-state index in [1.165, 1.54) is 5.56 Å². The fourth-order valence-electron chi connectivity index (χ4n) is 1.50. The summed E-state index contributed by atoms with van der Waals surface area (Å²) in [5, 5.41) is 0. The Morgan fingerprint density at radius 2 is 2.14 bits per heavy atom. The predicted octanol–water partition coefficient (Wildman–Crippen LogP) is 3.51. The highest BCUT2D eigenvalue weighted by atomic mass is 16.3. The van der Waals surface area contributed by atoms with Crippen molar-refractivity contribution in [3.8, 4) is 0 Å². The van der Waals surface area contributed by atoms with Gasteiger partial charge in [0.25, 0.3) is 0 Å². The second kappa shape index (κ2) is 3.45. The smallest absolute Gasteiger partial charge is 0.195 e. The van der Waals surface area contributed by atoms with Gasteiger partial charge in [-0.2, -0.15) is 0 Å². The molecule has 0 aliphatic carbocycles. The summed E-state index contributed by atoms with van der Waals surface area (Å²) in [5.74, 6) is 1.36. The summed E-state index contributed by atoms with van der Waals surface area (Å²) >= 11 is 0. The highest BCUT2D eigenvalue weighted by molar-refractivity contribution is 5.73. The average molecular weight is 189 g/mol. The number of hydrogen-bond acceptors (Lipinski definition) is 2. The van der Waals surface area contributed by atoms with Crippen molar-refractivity contribution in [2.24, 2.45) is 0 Å². The maximum absolute atomic E-state index is 5.60. The minimum absolute atomic E-state index is 0.537. The van der Waals surface area contributed by atoms with E-state index in [1.54, 1.807) is 0 Å². The third-order valence-electron chi connectivity index (χ3n) is 2.43. The second-order valence-electron chi connectivity index (χ2n) is 3.84. The fraction of sp³-hybridized carbons (Fsp3) is 0.417. The van der Waals surface area contributed by atoms with E-state index in [1.807, 2.05) is 13.0 Å². The lowest BCUT2D eigenvalue weighted by Gasteiger charge is -2.02. The van der Waals surface area contributed by atoms with E-state index in [4.69, 9.17) is 4.42 Å². The molecule has 0 saturated carbocycles. The summed E-state index contributed by atoms with van der Waals surface area (Å²) in [6, 6.07) is 6.24. The van der Waals surface area contributed by atoms with Crippen molar-refractivity contribution in [2.75, 3.05) is 0 Å². The van der Waals surface area contributed by atoms with Gasteiger partial charge in [0, 0.05) is 6.42 Å². The van der Waals surface area contributed by atoms with Gasteiger partial charge < -0.3 is 4.42 Å². The topological polar surface area (TPSA) is 26.0 Å². The van der Waals surface area contributed by atoms with Crippen LogP contribution >= 0.6 is 0 Å². The zero-order valence-corrected chi connectivity index (χ0v) is 8.87. The van der Waals surface area contributed by atoms with E-state index in [2.05, 4.69) is 31.0 Å². The van der Waals surface area contributed by atoms with Gasteiger partial charge in [0.15, 0.2) is 11.5 Å². The SMILES string of the molecule is CCc1nc2ccc(C(C)C)cc2o1. The quantitative estimate of drug-likeness (QED) is 0.722. The molecule has 0 amide bonds. The van der Waals surface area contributed by atoms with Gasteiger partial charge in [-0.15, -0.1) is 0 Å². The molecule has 0 aliphatic heterocycles. The van der Waals surface area contributed by atoms with Crippen molar-refractivity contribution < 1.29 is 4.42 Å². The van der Waals surface area contributed by atoms with Gasteiger partial charge in [-0.25, -0.2) is 4.98 Å². The summed E-state index contributed by atoms with van der Waals surface area (Å²) in [6.45, 7) is 6.41. The lowest BCUT2D eigenvalue weighted by atomic mass is 10.0. The van der Waals surface area contributed by atoms with Crippen molar-refractivity contribution in [2.45, 2.75) is 33.1 Å². The Kier molecular flexibility index (Phi) is 2.28. The zero-order valence-electron chi connectivity index (χ0n) is 8.87. The summed E-state index contributed by atoms with van der Waals surface area (Å²) in [5.41, 5.74) is 3.18. The van der Waals surface area contributed by atoms with Gasteiger partial charge in [0.05, 0.1) is 0 Å². The maximum atomic E-state index is 5.60. The number of hydrogen-bond donors (Lipinski definition) is 0. The number of aryl methyl sites for hydroxylation is 1. The van der Waals surface area contributed by atoms with E-state index in [0.717, 1.165) is 23.4 Å². The summed E-state index contributed by atoms with van der Waals surface area (Å²) in [7, 11) is 0. The monoisotopic (exact) mass is 189 g/mol. The van der Waals surface area contributed by atoms with E-state index in [0.29, 0.717) is 5.92 Å². The van der Waals surface area contributed by atoms with Crippen molar-refractivity contribution in [3.05, 3.63) is 29.7 Å². The number of oxazole rings is 1. The highest BCUT2D eigenvalue weighted by Crippen LogP contribution is 2.22. The molecule has 2 nitrogen and oxygen atoms in total. The molecule has 0 unspecified atom stereocenters. The van der Waals surface area contributed by atoms with E-state index in [-0.39, 0.29) is 0 Å².